The van der Waals surface area contributed by atoms with Crippen molar-refractivity contribution in [1.82, 2.24) is 10.0 Å². The Morgan fingerprint density at radius 2 is 1.82 bits per heavy atom. The van der Waals surface area contributed by atoms with Crippen LogP contribution in [0.5, 0.6) is 5.75 Å². The highest BCUT2D eigenvalue weighted by molar-refractivity contribution is 7.89. The van der Waals surface area contributed by atoms with E-state index in [1.54, 1.807) is 0 Å². The van der Waals surface area contributed by atoms with Crippen LogP contribution in [-0.4, -0.2) is 27.9 Å². The second-order valence-electron chi connectivity index (χ2n) is 6.26. The van der Waals surface area contributed by atoms with Crippen LogP contribution in [0.4, 0.5) is 17.6 Å². The molecular weight excluding hydrogens is 424 g/mol. The van der Waals surface area contributed by atoms with Gasteiger partial charge in [0.2, 0.25) is 10.0 Å². The van der Waals surface area contributed by atoms with Crippen molar-refractivity contribution in [2.75, 3.05) is 13.1 Å². The number of rotatable bonds is 5. The van der Waals surface area contributed by atoms with Gasteiger partial charge in [-0.15, -0.1) is 13.2 Å². The summed E-state index contributed by atoms with van der Waals surface area (Å²) >= 11 is 5.70. The molecule has 3 rings (SSSR count). The van der Waals surface area contributed by atoms with Crippen molar-refractivity contribution in [2.45, 2.75) is 23.2 Å². The molecule has 0 bridgehead atoms. The second-order valence-corrected chi connectivity index (χ2v) is 8.35. The third-order valence-corrected chi connectivity index (χ3v) is 6.18. The standard InChI is InChI=1S/C17H15ClF4N2O3S/c18-14-6-1-11(9-15(14)19)16(7-8-23-10-16)24-28(25,26)13-4-2-12(3-5-13)27-17(20,21)22/h1-6,9,23-24H,7-8,10H2/t16-/m0/s1. The van der Waals surface area contributed by atoms with E-state index in [1.807, 2.05) is 0 Å². The highest BCUT2D eigenvalue weighted by Gasteiger charge is 2.40. The average Bonchev–Trinajstić information content (AvgIpc) is 3.05. The van der Waals surface area contributed by atoms with Gasteiger partial charge in [-0.1, -0.05) is 17.7 Å². The summed E-state index contributed by atoms with van der Waals surface area (Å²) in [6, 6.07) is 7.85. The third-order valence-electron chi connectivity index (χ3n) is 4.32. The summed E-state index contributed by atoms with van der Waals surface area (Å²) < 4.78 is 82.5. The molecule has 2 aromatic carbocycles. The summed E-state index contributed by atoms with van der Waals surface area (Å²) in [6.45, 7) is 0.702. The van der Waals surface area contributed by atoms with E-state index in [0.29, 0.717) is 18.5 Å². The number of ether oxygens (including phenoxy) is 1. The first-order valence-electron chi connectivity index (χ1n) is 8.07. The summed E-state index contributed by atoms with van der Waals surface area (Å²) in [5.41, 5.74) is -0.731. The first kappa shape index (κ1) is 20.8. The van der Waals surface area contributed by atoms with E-state index in [2.05, 4.69) is 14.8 Å². The molecule has 1 atom stereocenters. The fourth-order valence-corrected chi connectivity index (χ4v) is 4.55. The molecule has 0 spiro atoms. The van der Waals surface area contributed by atoms with E-state index >= 15 is 0 Å². The summed E-state index contributed by atoms with van der Waals surface area (Å²) in [7, 11) is -4.12. The molecule has 0 saturated carbocycles. The summed E-state index contributed by atoms with van der Waals surface area (Å²) in [6.07, 6.45) is -4.53. The second kappa shape index (κ2) is 7.51. The zero-order chi connectivity index (χ0) is 20.6. The van der Waals surface area contributed by atoms with E-state index in [-0.39, 0.29) is 16.5 Å². The minimum atomic E-state index is -4.88. The Morgan fingerprint density at radius 1 is 1.14 bits per heavy atom. The molecule has 1 saturated heterocycles. The van der Waals surface area contributed by atoms with Crippen molar-refractivity contribution in [3.8, 4) is 5.75 Å². The van der Waals surface area contributed by atoms with Crippen molar-refractivity contribution in [3.05, 3.63) is 58.9 Å². The maximum Gasteiger partial charge on any atom is 0.573 e. The zero-order valence-electron chi connectivity index (χ0n) is 14.2. The first-order valence-corrected chi connectivity index (χ1v) is 9.93. The third kappa shape index (κ3) is 4.57. The fraction of sp³-hybridized carbons (Fsp3) is 0.294. The highest BCUT2D eigenvalue weighted by Crippen LogP contribution is 2.32. The Hall–Kier alpha value is -1.88. The lowest BCUT2D eigenvalue weighted by Gasteiger charge is -2.30. The fourth-order valence-electron chi connectivity index (χ4n) is 3.01. The summed E-state index contributed by atoms with van der Waals surface area (Å²) in [5, 5.41) is 2.94. The Labute approximate surface area is 163 Å². The molecule has 0 aromatic heterocycles. The normalized spacial score (nSPS) is 20.3. The molecule has 28 heavy (non-hydrogen) atoms. The zero-order valence-corrected chi connectivity index (χ0v) is 15.8. The van der Waals surface area contributed by atoms with E-state index in [9.17, 15) is 26.0 Å². The molecule has 152 valence electrons. The smallest absolute Gasteiger partial charge is 0.406 e. The van der Waals surface area contributed by atoms with Gasteiger partial charge < -0.3 is 10.1 Å². The van der Waals surface area contributed by atoms with Crippen LogP contribution >= 0.6 is 11.6 Å². The minimum Gasteiger partial charge on any atom is -0.406 e. The molecule has 1 aliphatic heterocycles. The SMILES string of the molecule is O=S(=O)(N[C@@]1(c2ccc(Cl)c(F)c2)CCNC1)c1ccc(OC(F)(F)F)cc1. The molecule has 2 N–H and O–H groups in total. The van der Waals surface area contributed by atoms with E-state index in [0.717, 1.165) is 30.3 Å². The van der Waals surface area contributed by atoms with Gasteiger partial charge in [0.15, 0.2) is 0 Å². The molecule has 1 heterocycles. The van der Waals surface area contributed by atoms with Crippen LogP contribution in [0.2, 0.25) is 5.02 Å². The van der Waals surface area contributed by atoms with Crippen molar-refractivity contribution in [2.24, 2.45) is 0 Å². The number of hydrogen-bond donors (Lipinski definition) is 2. The molecule has 2 aromatic rings. The Bertz CT molecular complexity index is 959. The van der Waals surface area contributed by atoms with Crippen molar-refractivity contribution < 1.29 is 30.7 Å². The van der Waals surface area contributed by atoms with Gasteiger partial charge in [0, 0.05) is 6.54 Å². The molecular formula is C17H15ClF4N2O3S. The monoisotopic (exact) mass is 438 g/mol. The van der Waals surface area contributed by atoms with Crippen molar-refractivity contribution >= 4 is 21.6 Å². The maximum absolute atomic E-state index is 13.9. The molecule has 11 heteroatoms. The molecule has 5 nitrogen and oxygen atoms in total. The van der Waals surface area contributed by atoms with Gasteiger partial charge in [0.05, 0.1) is 15.5 Å². The van der Waals surface area contributed by atoms with Gasteiger partial charge in [-0.2, -0.15) is 4.72 Å². The molecule has 0 aliphatic carbocycles. The van der Waals surface area contributed by atoms with Crippen LogP contribution in [0.1, 0.15) is 12.0 Å². The van der Waals surface area contributed by atoms with Crippen molar-refractivity contribution in [3.63, 3.8) is 0 Å². The number of sulfonamides is 1. The Morgan fingerprint density at radius 3 is 2.36 bits per heavy atom. The van der Waals surface area contributed by atoms with Gasteiger partial charge in [0.25, 0.3) is 0 Å². The molecule has 0 unspecified atom stereocenters. The lowest BCUT2D eigenvalue weighted by molar-refractivity contribution is -0.274. The Kier molecular flexibility index (Phi) is 5.59. The van der Waals surface area contributed by atoms with Gasteiger partial charge in [-0.25, -0.2) is 12.8 Å². The topological polar surface area (TPSA) is 67.4 Å². The predicted molar refractivity (Wildman–Crippen MR) is 94.0 cm³/mol. The van der Waals surface area contributed by atoms with Crippen molar-refractivity contribution in [1.29, 1.82) is 0 Å². The van der Waals surface area contributed by atoms with Crippen LogP contribution in [0.25, 0.3) is 0 Å². The quantitative estimate of drug-likeness (QED) is 0.701. The van der Waals surface area contributed by atoms with Gasteiger partial charge in [-0.05, 0) is 54.9 Å². The number of halogens is 5. The van der Waals surface area contributed by atoms with Gasteiger partial charge >= 0.3 is 6.36 Å². The number of benzene rings is 2. The van der Waals surface area contributed by atoms with Gasteiger partial charge in [-0.3, -0.25) is 0 Å². The van der Waals surface area contributed by atoms with Crippen LogP contribution in [0, 0.1) is 5.82 Å². The van der Waals surface area contributed by atoms with Gasteiger partial charge in [0.1, 0.15) is 11.6 Å². The molecule has 1 aliphatic rings. The summed E-state index contributed by atoms with van der Waals surface area (Å²) in [4.78, 5) is -0.247. The molecule has 1 fully saturated rings. The molecule has 0 radical (unpaired) electrons. The number of hydrogen-bond acceptors (Lipinski definition) is 4. The lowest BCUT2D eigenvalue weighted by atomic mass is 9.90. The average molecular weight is 439 g/mol. The molecule has 0 amide bonds. The maximum atomic E-state index is 13.9. The van der Waals surface area contributed by atoms with Crippen LogP contribution in [0.15, 0.2) is 47.4 Å². The van der Waals surface area contributed by atoms with E-state index < -0.39 is 33.5 Å². The first-order chi connectivity index (χ1) is 13.0. The largest absolute Gasteiger partial charge is 0.573 e. The summed E-state index contributed by atoms with van der Waals surface area (Å²) in [5.74, 6) is -1.22. The highest BCUT2D eigenvalue weighted by atomic mass is 35.5. The predicted octanol–water partition coefficient (Wildman–Crippen LogP) is 3.54. The Balaban J connectivity index is 1.89. The lowest BCUT2D eigenvalue weighted by Crippen LogP contribution is -2.47. The number of alkyl halides is 3. The van der Waals surface area contributed by atoms with Crippen LogP contribution in [-0.2, 0) is 15.6 Å². The van der Waals surface area contributed by atoms with Crippen LogP contribution < -0.4 is 14.8 Å². The van der Waals surface area contributed by atoms with Crippen LogP contribution in [0.3, 0.4) is 0 Å². The van der Waals surface area contributed by atoms with E-state index in [1.165, 1.54) is 12.1 Å². The number of nitrogens with one attached hydrogen (secondary N) is 2. The van der Waals surface area contributed by atoms with E-state index in [4.69, 9.17) is 11.6 Å². The minimum absolute atomic E-state index is 0.0898.